The number of anilines is 1. The van der Waals surface area contributed by atoms with Gasteiger partial charge in [0.1, 0.15) is 0 Å². The van der Waals surface area contributed by atoms with Crippen LogP contribution in [0.1, 0.15) is 32.3 Å². The molecule has 1 aliphatic rings. The Balaban J connectivity index is 2.02. The minimum atomic E-state index is 0.337. The van der Waals surface area contributed by atoms with Gasteiger partial charge in [0.05, 0.1) is 6.10 Å². The molecule has 0 spiro atoms. The van der Waals surface area contributed by atoms with Crippen LogP contribution >= 0.6 is 15.9 Å². The largest absolute Gasteiger partial charge is 0.379 e. The number of halogens is 1. The van der Waals surface area contributed by atoms with Gasteiger partial charge in [-0.15, -0.1) is 0 Å². The Labute approximate surface area is 137 Å². The molecule has 4 heteroatoms. The van der Waals surface area contributed by atoms with Crippen LogP contribution in [0.5, 0.6) is 0 Å². The fraction of sp³-hybridized carbons (Fsp3) is 0.647. The number of nitrogens with zero attached hydrogens (tertiary/aromatic N) is 1. The molecule has 1 fully saturated rings. The highest BCUT2D eigenvalue weighted by atomic mass is 79.9. The summed E-state index contributed by atoms with van der Waals surface area (Å²) < 4.78 is 6.80. The van der Waals surface area contributed by atoms with E-state index in [1.807, 2.05) is 7.11 Å². The maximum absolute atomic E-state index is 5.61. The molecule has 0 radical (unpaired) electrons. The van der Waals surface area contributed by atoms with Crippen LogP contribution in [-0.2, 0) is 11.3 Å². The van der Waals surface area contributed by atoms with Crippen LogP contribution in [-0.4, -0.2) is 32.8 Å². The lowest BCUT2D eigenvalue weighted by Crippen LogP contribution is -2.43. The van der Waals surface area contributed by atoms with Crippen LogP contribution in [0.25, 0.3) is 0 Å². The standard InChI is InChI=1S/C17H27BrN2O/c1-4-8-19-11-14-5-6-15(10-16(14)18)20-9-7-13(2)17(12-20)21-3/h5-6,10,13,17,19H,4,7-9,11-12H2,1-3H3. The van der Waals surface area contributed by atoms with E-state index in [4.69, 9.17) is 4.74 Å². The molecule has 2 unspecified atom stereocenters. The zero-order valence-electron chi connectivity index (χ0n) is 13.4. The molecule has 1 aromatic carbocycles. The third-order valence-corrected chi connectivity index (χ3v) is 5.07. The van der Waals surface area contributed by atoms with Crippen LogP contribution in [0.3, 0.4) is 0 Å². The molecule has 0 aliphatic carbocycles. The van der Waals surface area contributed by atoms with Crippen LogP contribution in [0.15, 0.2) is 22.7 Å². The molecule has 1 N–H and O–H groups in total. The van der Waals surface area contributed by atoms with Gasteiger partial charge in [0.2, 0.25) is 0 Å². The molecule has 1 aliphatic heterocycles. The second-order valence-electron chi connectivity index (χ2n) is 5.94. The fourth-order valence-electron chi connectivity index (χ4n) is 2.85. The van der Waals surface area contributed by atoms with Crippen molar-refractivity contribution < 1.29 is 4.74 Å². The van der Waals surface area contributed by atoms with Crippen molar-refractivity contribution in [2.45, 2.75) is 39.3 Å². The number of nitrogens with one attached hydrogen (secondary N) is 1. The summed E-state index contributed by atoms with van der Waals surface area (Å²) in [6.07, 6.45) is 2.69. The topological polar surface area (TPSA) is 24.5 Å². The van der Waals surface area contributed by atoms with Gasteiger partial charge in [0.15, 0.2) is 0 Å². The van der Waals surface area contributed by atoms with E-state index >= 15 is 0 Å². The van der Waals surface area contributed by atoms with E-state index in [2.05, 4.69) is 58.2 Å². The highest BCUT2D eigenvalue weighted by molar-refractivity contribution is 9.10. The van der Waals surface area contributed by atoms with E-state index in [9.17, 15) is 0 Å². The minimum Gasteiger partial charge on any atom is -0.379 e. The molecule has 0 amide bonds. The highest BCUT2D eigenvalue weighted by Gasteiger charge is 2.26. The maximum Gasteiger partial charge on any atom is 0.0772 e. The van der Waals surface area contributed by atoms with Gasteiger partial charge in [-0.2, -0.15) is 0 Å². The lowest BCUT2D eigenvalue weighted by atomic mass is 9.95. The SMILES string of the molecule is CCCNCc1ccc(N2CCC(C)C(OC)C2)cc1Br. The quantitative estimate of drug-likeness (QED) is 0.786. The Morgan fingerprint density at radius 3 is 2.90 bits per heavy atom. The van der Waals surface area contributed by atoms with Gasteiger partial charge in [-0.1, -0.05) is 35.8 Å². The van der Waals surface area contributed by atoms with Crippen molar-refractivity contribution in [2.24, 2.45) is 5.92 Å². The summed E-state index contributed by atoms with van der Waals surface area (Å²) in [5, 5.41) is 3.45. The lowest BCUT2D eigenvalue weighted by Gasteiger charge is -2.37. The highest BCUT2D eigenvalue weighted by Crippen LogP contribution is 2.28. The summed E-state index contributed by atoms with van der Waals surface area (Å²) in [7, 11) is 1.82. The summed E-state index contributed by atoms with van der Waals surface area (Å²) >= 11 is 3.71. The average Bonchev–Trinajstić information content (AvgIpc) is 2.49. The summed E-state index contributed by atoms with van der Waals surface area (Å²) in [5.41, 5.74) is 2.61. The second-order valence-corrected chi connectivity index (χ2v) is 6.79. The number of hydrogen-bond donors (Lipinski definition) is 1. The van der Waals surface area contributed by atoms with Gasteiger partial charge in [-0.25, -0.2) is 0 Å². The lowest BCUT2D eigenvalue weighted by molar-refractivity contribution is 0.0498. The molecule has 3 nitrogen and oxygen atoms in total. The van der Waals surface area contributed by atoms with Crippen molar-refractivity contribution in [3.63, 3.8) is 0 Å². The number of rotatable bonds is 6. The third-order valence-electron chi connectivity index (χ3n) is 4.34. The maximum atomic E-state index is 5.61. The third kappa shape index (κ3) is 4.44. The number of methoxy groups -OCH3 is 1. The van der Waals surface area contributed by atoms with E-state index in [1.165, 1.54) is 28.6 Å². The molecular formula is C17H27BrN2O. The van der Waals surface area contributed by atoms with Crippen LogP contribution in [0.2, 0.25) is 0 Å². The number of piperidine rings is 1. The molecule has 0 bridgehead atoms. The van der Waals surface area contributed by atoms with E-state index in [0.29, 0.717) is 12.0 Å². The van der Waals surface area contributed by atoms with Crippen LogP contribution < -0.4 is 10.2 Å². The molecule has 118 valence electrons. The van der Waals surface area contributed by atoms with Gasteiger partial charge in [0, 0.05) is 36.9 Å². The summed E-state index contributed by atoms with van der Waals surface area (Å²) in [6, 6.07) is 6.70. The van der Waals surface area contributed by atoms with Crippen molar-refractivity contribution in [3.8, 4) is 0 Å². The Morgan fingerprint density at radius 2 is 2.24 bits per heavy atom. The minimum absolute atomic E-state index is 0.337. The molecule has 21 heavy (non-hydrogen) atoms. The van der Waals surface area contributed by atoms with Crippen molar-refractivity contribution in [2.75, 3.05) is 31.6 Å². The molecule has 1 aromatic rings. The Kier molecular flexibility index (Phi) is 6.52. The molecule has 0 aromatic heterocycles. The number of hydrogen-bond acceptors (Lipinski definition) is 3. The zero-order chi connectivity index (χ0) is 15.2. The monoisotopic (exact) mass is 354 g/mol. The zero-order valence-corrected chi connectivity index (χ0v) is 14.9. The first-order valence-electron chi connectivity index (χ1n) is 7.92. The normalized spacial score (nSPS) is 22.6. The van der Waals surface area contributed by atoms with Crippen LogP contribution in [0.4, 0.5) is 5.69 Å². The molecule has 2 rings (SSSR count). The van der Waals surface area contributed by atoms with Gasteiger partial charge >= 0.3 is 0 Å². The smallest absolute Gasteiger partial charge is 0.0772 e. The molecule has 2 atom stereocenters. The van der Waals surface area contributed by atoms with Crippen LogP contribution in [0, 0.1) is 5.92 Å². The molecule has 1 saturated heterocycles. The Bertz CT molecular complexity index is 452. The van der Waals surface area contributed by atoms with E-state index < -0.39 is 0 Å². The predicted octanol–water partition coefficient (Wildman–Crippen LogP) is 3.81. The molecule has 0 saturated carbocycles. The van der Waals surface area contributed by atoms with Crippen molar-refractivity contribution in [1.82, 2.24) is 5.32 Å². The first-order chi connectivity index (χ1) is 10.2. The van der Waals surface area contributed by atoms with Gasteiger partial charge in [0.25, 0.3) is 0 Å². The average molecular weight is 355 g/mol. The van der Waals surface area contributed by atoms with E-state index in [0.717, 1.165) is 26.2 Å². The van der Waals surface area contributed by atoms with Crippen molar-refractivity contribution >= 4 is 21.6 Å². The summed E-state index contributed by atoms with van der Waals surface area (Å²) in [6.45, 7) is 8.55. The summed E-state index contributed by atoms with van der Waals surface area (Å²) in [5.74, 6) is 0.646. The number of benzene rings is 1. The molecule has 1 heterocycles. The Morgan fingerprint density at radius 1 is 1.43 bits per heavy atom. The van der Waals surface area contributed by atoms with Crippen molar-refractivity contribution in [3.05, 3.63) is 28.2 Å². The number of ether oxygens (including phenoxy) is 1. The summed E-state index contributed by atoms with van der Waals surface area (Å²) in [4.78, 5) is 2.43. The van der Waals surface area contributed by atoms with E-state index in [-0.39, 0.29) is 0 Å². The first-order valence-corrected chi connectivity index (χ1v) is 8.71. The predicted molar refractivity (Wildman–Crippen MR) is 92.9 cm³/mol. The van der Waals surface area contributed by atoms with Crippen molar-refractivity contribution in [1.29, 1.82) is 0 Å². The van der Waals surface area contributed by atoms with Gasteiger partial charge < -0.3 is 15.0 Å². The first kappa shape index (κ1) is 16.8. The second kappa shape index (κ2) is 8.16. The molecular weight excluding hydrogens is 328 g/mol. The fourth-order valence-corrected chi connectivity index (χ4v) is 3.36. The van der Waals surface area contributed by atoms with Gasteiger partial charge in [-0.05, 0) is 43.0 Å². The van der Waals surface area contributed by atoms with E-state index in [1.54, 1.807) is 0 Å². The Hall–Kier alpha value is -0.580. The van der Waals surface area contributed by atoms with Gasteiger partial charge in [-0.3, -0.25) is 0 Å².